The summed E-state index contributed by atoms with van der Waals surface area (Å²) in [6.45, 7) is 3.60. The molecule has 1 amide bonds. The number of rotatable bonds is 3. The van der Waals surface area contributed by atoms with E-state index in [0.717, 1.165) is 0 Å². The Morgan fingerprint density at radius 3 is 2.75 bits per heavy atom. The normalized spacial score (nSPS) is 11.1. The van der Waals surface area contributed by atoms with Crippen molar-refractivity contribution >= 4 is 40.0 Å². The van der Waals surface area contributed by atoms with E-state index >= 15 is 0 Å². The van der Waals surface area contributed by atoms with Crippen LogP contribution in [0.2, 0.25) is 10.0 Å². The lowest BCUT2D eigenvalue weighted by Gasteiger charge is -2.10. The van der Waals surface area contributed by atoms with Crippen LogP contribution in [0.25, 0.3) is 10.9 Å². The smallest absolute Gasteiger partial charge is 0.261 e. The molecular formula is C13H13Cl2N3O2. The van der Waals surface area contributed by atoms with E-state index in [-0.39, 0.29) is 24.1 Å². The molecule has 1 heterocycles. The Morgan fingerprint density at radius 1 is 1.40 bits per heavy atom. The van der Waals surface area contributed by atoms with Crippen LogP contribution in [0.4, 0.5) is 0 Å². The number of hydrogen-bond acceptors (Lipinski definition) is 3. The van der Waals surface area contributed by atoms with Crippen LogP contribution in [-0.4, -0.2) is 21.5 Å². The maximum atomic E-state index is 12.3. The summed E-state index contributed by atoms with van der Waals surface area (Å²) in [5.41, 5.74) is 0.0277. The van der Waals surface area contributed by atoms with Crippen molar-refractivity contribution in [1.29, 1.82) is 0 Å². The molecule has 2 rings (SSSR count). The first kappa shape index (κ1) is 14.8. The van der Waals surface area contributed by atoms with Gasteiger partial charge in [0, 0.05) is 11.1 Å². The van der Waals surface area contributed by atoms with Gasteiger partial charge in [-0.1, -0.05) is 23.2 Å². The minimum absolute atomic E-state index is 0.00973. The molecule has 20 heavy (non-hydrogen) atoms. The Morgan fingerprint density at radius 2 is 2.10 bits per heavy atom. The highest BCUT2D eigenvalue weighted by molar-refractivity contribution is 6.38. The molecule has 0 unspecified atom stereocenters. The molecule has 0 saturated carbocycles. The minimum atomic E-state index is -0.349. The number of fused-ring (bicyclic) bond motifs is 1. The van der Waals surface area contributed by atoms with Crippen molar-refractivity contribution < 1.29 is 4.79 Å². The first-order valence-electron chi connectivity index (χ1n) is 6.02. The molecule has 0 saturated heterocycles. The van der Waals surface area contributed by atoms with Crippen molar-refractivity contribution in [1.82, 2.24) is 14.9 Å². The number of hydrogen-bond donors (Lipinski definition) is 1. The van der Waals surface area contributed by atoms with Crippen LogP contribution in [0, 0.1) is 0 Å². The first-order chi connectivity index (χ1) is 9.38. The molecule has 2 aromatic rings. The van der Waals surface area contributed by atoms with Crippen LogP contribution in [0.1, 0.15) is 13.8 Å². The Hall–Kier alpha value is -1.59. The van der Waals surface area contributed by atoms with Crippen LogP contribution in [0.5, 0.6) is 0 Å². The highest BCUT2D eigenvalue weighted by Crippen LogP contribution is 2.23. The van der Waals surface area contributed by atoms with Gasteiger partial charge in [0.1, 0.15) is 6.54 Å². The van der Waals surface area contributed by atoms with Crippen molar-refractivity contribution in [2.45, 2.75) is 26.4 Å². The lowest BCUT2D eigenvalue weighted by molar-refractivity contribution is -0.122. The van der Waals surface area contributed by atoms with Gasteiger partial charge in [0.15, 0.2) is 0 Å². The largest absolute Gasteiger partial charge is 0.352 e. The maximum absolute atomic E-state index is 12.3. The molecule has 7 heteroatoms. The third-order valence-corrected chi connectivity index (χ3v) is 3.12. The van der Waals surface area contributed by atoms with E-state index in [1.807, 2.05) is 13.8 Å². The molecule has 1 aromatic carbocycles. The molecule has 106 valence electrons. The summed E-state index contributed by atoms with van der Waals surface area (Å²) >= 11 is 11.9. The van der Waals surface area contributed by atoms with Crippen molar-refractivity contribution in [2.24, 2.45) is 0 Å². The number of amides is 1. The molecule has 1 aromatic heterocycles. The van der Waals surface area contributed by atoms with Gasteiger partial charge in [0.05, 0.1) is 22.3 Å². The standard InChI is InChI=1S/C13H13Cl2N3O2/c1-7(2)17-11(19)5-18-6-16-12-9(13(18)20)3-8(14)4-10(12)15/h3-4,6-7H,5H2,1-2H3,(H,17,19). The molecule has 5 nitrogen and oxygen atoms in total. The summed E-state index contributed by atoms with van der Waals surface area (Å²) in [4.78, 5) is 28.1. The molecule has 0 aliphatic carbocycles. The average Bonchev–Trinajstić information content (AvgIpc) is 2.32. The molecule has 0 radical (unpaired) electrons. The Kier molecular flexibility index (Phi) is 4.30. The fourth-order valence-electron chi connectivity index (χ4n) is 1.83. The average molecular weight is 314 g/mol. The Bertz CT molecular complexity index is 725. The lowest BCUT2D eigenvalue weighted by Crippen LogP contribution is -2.36. The zero-order valence-electron chi connectivity index (χ0n) is 11.0. The van der Waals surface area contributed by atoms with Crippen LogP contribution >= 0.6 is 23.2 Å². The van der Waals surface area contributed by atoms with E-state index in [4.69, 9.17) is 23.2 Å². The number of nitrogens with one attached hydrogen (secondary N) is 1. The minimum Gasteiger partial charge on any atom is -0.352 e. The summed E-state index contributed by atoms with van der Waals surface area (Å²) in [5, 5.41) is 3.67. The Labute approximate surface area is 125 Å². The van der Waals surface area contributed by atoms with Crippen LogP contribution in [0.3, 0.4) is 0 Å². The van der Waals surface area contributed by atoms with E-state index in [2.05, 4.69) is 10.3 Å². The predicted octanol–water partition coefficient (Wildman–Crippen LogP) is 2.23. The van der Waals surface area contributed by atoms with E-state index < -0.39 is 0 Å². The maximum Gasteiger partial charge on any atom is 0.261 e. The molecular weight excluding hydrogens is 301 g/mol. The summed E-state index contributed by atoms with van der Waals surface area (Å²) < 4.78 is 1.23. The first-order valence-corrected chi connectivity index (χ1v) is 6.77. The third-order valence-electron chi connectivity index (χ3n) is 2.61. The second-order valence-electron chi connectivity index (χ2n) is 4.68. The fraction of sp³-hybridized carbons (Fsp3) is 0.308. The Balaban J connectivity index is 2.44. The third kappa shape index (κ3) is 3.11. The van der Waals surface area contributed by atoms with Gasteiger partial charge in [-0.2, -0.15) is 0 Å². The van der Waals surface area contributed by atoms with E-state index in [1.165, 1.54) is 23.0 Å². The SMILES string of the molecule is CC(C)NC(=O)Cn1cnc2c(Cl)cc(Cl)cc2c1=O. The highest BCUT2D eigenvalue weighted by atomic mass is 35.5. The molecule has 0 bridgehead atoms. The van der Waals surface area contributed by atoms with Crippen molar-refractivity contribution in [3.8, 4) is 0 Å². The summed E-state index contributed by atoms with van der Waals surface area (Å²) in [6, 6.07) is 3.03. The molecule has 0 aliphatic heterocycles. The fourth-order valence-corrected chi connectivity index (χ4v) is 2.37. The molecule has 0 atom stereocenters. The number of halogens is 2. The summed E-state index contributed by atoms with van der Waals surface area (Å²) in [5.74, 6) is -0.253. The summed E-state index contributed by atoms with van der Waals surface area (Å²) in [7, 11) is 0. The second-order valence-corrected chi connectivity index (χ2v) is 5.53. The van der Waals surface area contributed by atoms with Gasteiger partial charge in [0.2, 0.25) is 5.91 Å². The molecule has 0 aliphatic rings. The zero-order valence-corrected chi connectivity index (χ0v) is 12.5. The van der Waals surface area contributed by atoms with Gasteiger partial charge in [-0.3, -0.25) is 14.2 Å². The monoisotopic (exact) mass is 313 g/mol. The predicted molar refractivity (Wildman–Crippen MR) is 79.3 cm³/mol. The molecule has 0 spiro atoms. The topological polar surface area (TPSA) is 64.0 Å². The number of carbonyl (C=O) groups is 1. The van der Waals surface area contributed by atoms with Crippen molar-refractivity contribution in [3.63, 3.8) is 0 Å². The number of nitrogens with zero attached hydrogens (tertiary/aromatic N) is 2. The van der Waals surface area contributed by atoms with Gasteiger partial charge in [0.25, 0.3) is 5.56 Å². The summed E-state index contributed by atoms with van der Waals surface area (Å²) in [6.07, 6.45) is 1.31. The van der Waals surface area contributed by atoms with E-state index in [9.17, 15) is 9.59 Å². The molecule has 0 fully saturated rings. The number of aromatic nitrogens is 2. The van der Waals surface area contributed by atoms with E-state index in [1.54, 1.807) is 0 Å². The van der Waals surface area contributed by atoms with Gasteiger partial charge >= 0.3 is 0 Å². The van der Waals surface area contributed by atoms with Crippen molar-refractivity contribution in [2.75, 3.05) is 0 Å². The van der Waals surface area contributed by atoms with Crippen LogP contribution < -0.4 is 10.9 Å². The van der Waals surface area contributed by atoms with E-state index in [0.29, 0.717) is 20.9 Å². The highest BCUT2D eigenvalue weighted by Gasteiger charge is 2.11. The lowest BCUT2D eigenvalue weighted by atomic mass is 10.2. The van der Waals surface area contributed by atoms with Gasteiger partial charge in [-0.15, -0.1) is 0 Å². The number of benzene rings is 1. The van der Waals surface area contributed by atoms with Gasteiger partial charge in [-0.05, 0) is 26.0 Å². The zero-order chi connectivity index (χ0) is 14.9. The van der Waals surface area contributed by atoms with Gasteiger partial charge < -0.3 is 5.32 Å². The second kappa shape index (κ2) is 5.81. The van der Waals surface area contributed by atoms with Crippen molar-refractivity contribution in [3.05, 3.63) is 38.9 Å². The van der Waals surface area contributed by atoms with Gasteiger partial charge in [-0.25, -0.2) is 4.98 Å². The molecule has 1 N–H and O–H groups in total. The van der Waals surface area contributed by atoms with Crippen LogP contribution in [0.15, 0.2) is 23.3 Å². The quantitative estimate of drug-likeness (QED) is 0.945. The number of carbonyl (C=O) groups excluding carboxylic acids is 1. The van der Waals surface area contributed by atoms with Crippen LogP contribution in [-0.2, 0) is 11.3 Å².